The number of anilines is 2. The average molecular weight is 297 g/mol. The lowest BCUT2D eigenvalue weighted by Gasteiger charge is -2.28. The molecule has 1 aliphatic rings. The summed E-state index contributed by atoms with van der Waals surface area (Å²) in [4.78, 5) is 18.8. The zero-order chi connectivity index (χ0) is 15.4. The van der Waals surface area contributed by atoms with Crippen LogP contribution in [0.15, 0.2) is 42.7 Å². The molecule has 0 saturated carbocycles. The average Bonchev–Trinajstić information content (AvgIpc) is 2.58. The van der Waals surface area contributed by atoms with E-state index in [2.05, 4.69) is 15.2 Å². The Morgan fingerprint density at radius 1 is 1.23 bits per heavy atom. The smallest absolute Gasteiger partial charge is 0.257 e. The predicted octanol–water partition coefficient (Wildman–Crippen LogP) is 2.48. The first-order valence-corrected chi connectivity index (χ1v) is 7.39. The number of hydrogen-bond acceptors (Lipinski definition) is 4. The van der Waals surface area contributed by atoms with Crippen LogP contribution < -0.4 is 10.2 Å². The third-order valence-electron chi connectivity index (χ3n) is 3.76. The lowest BCUT2D eigenvalue weighted by Crippen LogP contribution is -2.36. The number of rotatable bonds is 3. The maximum atomic E-state index is 12.4. The minimum atomic E-state index is -0.142. The van der Waals surface area contributed by atoms with E-state index >= 15 is 0 Å². The van der Waals surface area contributed by atoms with Crippen molar-refractivity contribution in [2.24, 2.45) is 0 Å². The fraction of sp³-hybridized carbons (Fsp3) is 0.294. The number of benzene rings is 1. The van der Waals surface area contributed by atoms with Crippen LogP contribution in [0, 0.1) is 6.92 Å². The first-order valence-electron chi connectivity index (χ1n) is 7.39. The molecule has 1 aromatic carbocycles. The van der Waals surface area contributed by atoms with Crippen LogP contribution in [0.4, 0.5) is 11.4 Å². The van der Waals surface area contributed by atoms with Gasteiger partial charge in [-0.3, -0.25) is 9.78 Å². The van der Waals surface area contributed by atoms with Gasteiger partial charge in [0.15, 0.2) is 0 Å². The Balaban J connectivity index is 1.76. The van der Waals surface area contributed by atoms with Gasteiger partial charge in [-0.05, 0) is 24.6 Å². The van der Waals surface area contributed by atoms with Gasteiger partial charge in [-0.15, -0.1) is 0 Å². The molecule has 1 fully saturated rings. The maximum Gasteiger partial charge on any atom is 0.257 e. The van der Waals surface area contributed by atoms with Crippen molar-refractivity contribution in [2.45, 2.75) is 6.92 Å². The van der Waals surface area contributed by atoms with Crippen LogP contribution in [0.1, 0.15) is 15.9 Å². The fourth-order valence-corrected chi connectivity index (χ4v) is 2.45. The monoisotopic (exact) mass is 297 g/mol. The predicted molar refractivity (Wildman–Crippen MR) is 86.4 cm³/mol. The molecule has 2 heterocycles. The Bertz CT molecular complexity index is 666. The summed E-state index contributed by atoms with van der Waals surface area (Å²) in [5.74, 6) is -0.142. The second kappa shape index (κ2) is 6.58. The molecule has 0 radical (unpaired) electrons. The molecule has 0 atom stereocenters. The Labute approximate surface area is 129 Å². The molecule has 1 aliphatic heterocycles. The molecule has 5 heteroatoms. The van der Waals surface area contributed by atoms with Crippen LogP contribution >= 0.6 is 0 Å². The summed E-state index contributed by atoms with van der Waals surface area (Å²) in [6.07, 6.45) is 3.38. The van der Waals surface area contributed by atoms with Gasteiger partial charge in [-0.2, -0.15) is 0 Å². The van der Waals surface area contributed by atoms with E-state index in [1.807, 2.05) is 37.3 Å². The van der Waals surface area contributed by atoms with Crippen molar-refractivity contribution in [3.63, 3.8) is 0 Å². The zero-order valence-electron chi connectivity index (χ0n) is 12.6. The number of carbonyl (C=O) groups excluding carboxylic acids is 1. The molecule has 0 unspecified atom stereocenters. The van der Waals surface area contributed by atoms with Gasteiger partial charge in [0.1, 0.15) is 0 Å². The highest BCUT2D eigenvalue weighted by atomic mass is 16.5. The normalized spacial score (nSPS) is 14.7. The van der Waals surface area contributed by atoms with Crippen LogP contribution in [0.3, 0.4) is 0 Å². The van der Waals surface area contributed by atoms with E-state index in [1.165, 1.54) is 0 Å². The largest absolute Gasteiger partial charge is 0.378 e. The summed E-state index contributed by atoms with van der Waals surface area (Å²) in [7, 11) is 0. The molecule has 1 N–H and O–H groups in total. The number of nitrogens with zero attached hydrogens (tertiary/aromatic N) is 2. The molecule has 0 bridgehead atoms. The SMILES string of the molecule is Cc1ccccc1NC(=O)c1cncc(N2CCOCC2)c1. The Morgan fingerprint density at radius 2 is 2.00 bits per heavy atom. The van der Waals surface area contributed by atoms with Crippen LogP contribution in [0.2, 0.25) is 0 Å². The highest BCUT2D eigenvalue weighted by Gasteiger charge is 2.14. The number of pyridine rings is 1. The molecule has 1 aromatic heterocycles. The van der Waals surface area contributed by atoms with Crippen LogP contribution in [-0.2, 0) is 4.74 Å². The fourth-order valence-electron chi connectivity index (χ4n) is 2.45. The van der Waals surface area contributed by atoms with Gasteiger partial charge < -0.3 is 15.0 Å². The van der Waals surface area contributed by atoms with E-state index in [9.17, 15) is 4.79 Å². The van der Waals surface area contributed by atoms with Crippen molar-refractivity contribution in [3.05, 3.63) is 53.9 Å². The summed E-state index contributed by atoms with van der Waals surface area (Å²) in [6, 6.07) is 9.60. The minimum absolute atomic E-state index is 0.142. The molecule has 3 rings (SSSR count). The summed E-state index contributed by atoms with van der Waals surface area (Å²) in [5, 5.41) is 2.93. The summed E-state index contributed by atoms with van der Waals surface area (Å²) >= 11 is 0. The van der Waals surface area contributed by atoms with Crippen molar-refractivity contribution in [1.29, 1.82) is 0 Å². The van der Waals surface area contributed by atoms with Crippen molar-refractivity contribution < 1.29 is 9.53 Å². The Hall–Kier alpha value is -2.40. The van der Waals surface area contributed by atoms with E-state index < -0.39 is 0 Å². The third-order valence-corrected chi connectivity index (χ3v) is 3.76. The van der Waals surface area contributed by atoms with E-state index in [4.69, 9.17) is 4.74 Å². The van der Waals surface area contributed by atoms with Crippen molar-refractivity contribution in [1.82, 2.24) is 4.98 Å². The van der Waals surface area contributed by atoms with E-state index in [1.54, 1.807) is 12.4 Å². The first-order chi connectivity index (χ1) is 10.7. The summed E-state index contributed by atoms with van der Waals surface area (Å²) in [5.41, 5.74) is 3.38. The quantitative estimate of drug-likeness (QED) is 0.945. The number of aromatic nitrogens is 1. The molecule has 114 valence electrons. The van der Waals surface area contributed by atoms with Crippen LogP contribution in [0.25, 0.3) is 0 Å². The highest BCUT2D eigenvalue weighted by molar-refractivity contribution is 6.04. The van der Waals surface area contributed by atoms with Crippen LogP contribution in [0.5, 0.6) is 0 Å². The van der Waals surface area contributed by atoms with Crippen molar-refractivity contribution in [2.75, 3.05) is 36.5 Å². The molecule has 0 spiro atoms. The molecule has 1 amide bonds. The number of amides is 1. The van der Waals surface area contributed by atoms with Gasteiger partial charge in [0, 0.05) is 25.0 Å². The van der Waals surface area contributed by atoms with E-state index in [0.29, 0.717) is 18.8 Å². The van der Waals surface area contributed by atoms with Crippen molar-refractivity contribution in [3.8, 4) is 0 Å². The second-order valence-corrected chi connectivity index (χ2v) is 5.30. The molecule has 1 saturated heterocycles. The molecule has 0 aliphatic carbocycles. The number of ether oxygens (including phenoxy) is 1. The topological polar surface area (TPSA) is 54.5 Å². The van der Waals surface area contributed by atoms with E-state index in [0.717, 1.165) is 30.0 Å². The second-order valence-electron chi connectivity index (χ2n) is 5.30. The lowest BCUT2D eigenvalue weighted by molar-refractivity contribution is 0.102. The third kappa shape index (κ3) is 3.26. The summed E-state index contributed by atoms with van der Waals surface area (Å²) < 4.78 is 5.35. The Morgan fingerprint density at radius 3 is 2.77 bits per heavy atom. The molecular formula is C17H19N3O2. The lowest BCUT2D eigenvalue weighted by atomic mass is 10.2. The number of hydrogen-bond donors (Lipinski definition) is 1. The molecular weight excluding hydrogens is 278 g/mol. The molecule has 2 aromatic rings. The van der Waals surface area contributed by atoms with Crippen LogP contribution in [-0.4, -0.2) is 37.2 Å². The number of morpholine rings is 1. The first kappa shape index (κ1) is 14.5. The Kier molecular flexibility index (Phi) is 4.34. The zero-order valence-corrected chi connectivity index (χ0v) is 12.6. The van der Waals surface area contributed by atoms with Gasteiger partial charge in [0.2, 0.25) is 0 Å². The number of nitrogens with one attached hydrogen (secondary N) is 1. The van der Waals surface area contributed by atoms with Crippen molar-refractivity contribution >= 4 is 17.3 Å². The van der Waals surface area contributed by atoms with Gasteiger partial charge in [0.05, 0.1) is 30.7 Å². The van der Waals surface area contributed by atoms with Gasteiger partial charge in [-0.25, -0.2) is 0 Å². The van der Waals surface area contributed by atoms with Gasteiger partial charge in [0.25, 0.3) is 5.91 Å². The molecule has 5 nitrogen and oxygen atoms in total. The number of aryl methyl sites for hydroxylation is 1. The standard InChI is InChI=1S/C17H19N3O2/c1-13-4-2-3-5-16(13)19-17(21)14-10-15(12-18-11-14)20-6-8-22-9-7-20/h2-5,10-12H,6-9H2,1H3,(H,19,21). The van der Waals surface area contributed by atoms with Gasteiger partial charge in [-0.1, -0.05) is 18.2 Å². The van der Waals surface area contributed by atoms with Gasteiger partial charge >= 0.3 is 0 Å². The molecule has 22 heavy (non-hydrogen) atoms. The minimum Gasteiger partial charge on any atom is -0.378 e. The summed E-state index contributed by atoms with van der Waals surface area (Å²) in [6.45, 7) is 5.03. The number of carbonyl (C=O) groups is 1. The number of para-hydroxylation sites is 1. The van der Waals surface area contributed by atoms with E-state index in [-0.39, 0.29) is 5.91 Å². The maximum absolute atomic E-state index is 12.4. The highest BCUT2D eigenvalue weighted by Crippen LogP contribution is 2.18.